The van der Waals surface area contributed by atoms with Gasteiger partial charge in [-0.3, -0.25) is 19.4 Å². The molecule has 3 rings (SSSR count). The lowest BCUT2D eigenvalue weighted by molar-refractivity contribution is -0.121. The summed E-state index contributed by atoms with van der Waals surface area (Å²) in [6, 6.07) is 13.7. The molecular weight excluding hydrogens is 334 g/mol. The summed E-state index contributed by atoms with van der Waals surface area (Å²) in [6.45, 7) is 2.68. The number of aromatic amines is 1. The first-order valence-electron chi connectivity index (χ1n) is 8.02. The molecule has 0 unspecified atom stereocenters. The summed E-state index contributed by atoms with van der Waals surface area (Å²) >= 11 is 5.26. The van der Waals surface area contributed by atoms with Crippen LogP contribution in [0.25, 0.3) is 11.4 Å². The van der Waals surface area contributed by atoms with Gasteiger partial charge in [-0.1, -0.05) is 35.9 Å². The number of carbonyl (C=O) groups is 1. The fraction of sp³-hybridized carbons (Fsp3) is 0.222. The topological polar surface area (TPSA) is 75.6 Å². The maximum atomic E-state index is 12.3. The van der Waals surface area contributed by atoms with Crippen LogP contribution in [0.4, 0.5) is 0 Å². The Hall–Kier alpha value is -2.80. The van der Waals surface area contributed by atoms with Gasteiger partial charge in [0.05, 0.1) is 0 Å². The molecule has 0 aliphatic rings. The third-order valence-electron chi connectivity index (χ3n) is 3.80. The number of rotatable bonds is 6. The van der Waals surface area contributed by atoms with Crippen LogP contribution in [0, 0.1) is 11.7 Å². The van der Waals surface area contributed by atoms with Crippen molar-refractivity contribution in [3.8, 4) is 11.4 Å². The van der Waals surface area contributed by atoms with Gasteiger partial charge in [-0.05, 0) is 31.3 Å². The average molecular weight is 353 g/mol. The Bertz CT molecular complexity index is 899. The SMILES string of the molecule is Cc1ccc(-c2n[nH]c(=S)n2CC(=O)NCCc2ccccn2)cc1. The number of aromatic nitrogens is 4. The summed E-state index contributed by atoms with van der Waals surface area (Å²) in [5, 5.41) is 9.91. The maximum Gasteiger partial charge on any atom is 0.240 e. The number of amides is 1. The Morgan fingerprint density at radius 1 is 1.24 bits per heavy atom. The molecule has 2 aromatic heterocycles. The minimum absolute atomic E-state index is 0.109. The number of nitrogens with zero attached hydrogens (tertiary/aromatic N) is 3. The Balaban J connectivity index is 1.64. The summed E-state index contributed by atoms with van der Waals surface area (Å²) in [5.41, 5.74) is 3.03. The Kier molecular flexibility index (Phi) is 5.35. The van der Waals surface area contributed by atoms with E-state index in [4.69, 9.17) is 12.2 Å². The molecule has 0 aliphatic carbocycles. The van der Waals surface area contributed by atoms with E-state index in [-0.39, 0.29) is 12.5 Å². The molecule has 7 heteroatoms. The van der Waals surface area contributed by atoms with Crippen molar-refractivity contribution in [1.29, 1.82) is 0 Å². The van der Waals surface area contributed by atoms with Gasteiger partial charge in [0, 0.05) is 30.4 Å². The Labute approximate surface area is 150 Å². The molecule has 1 aromatic carbocycles. The smallest absolute Gasteiger partial charge is 0.240 e. The van der Waals surface area contributed by atoms with Gasteiger partial charge in [0.25, 0.3) is 0 Å². The highest BCUT2D eigenvalue weighted by molar-refractivity contribution is 7.71. The lowest BCUT2D eigenvalue weighted by Gasteiger charge is -2.08. The van der Waals surface area contributed by atoms with Crippen molar-refractivity contribution >= 4 is 18.1 Å². The van der Waals surface area contributed by atoms with E-state index >= 15 is 0 Å². The van der Waals surface area contributed by atoms with Gasteiger partial charge in [0.15, 0.2) is 10.6 Å². The van der Waals surface area contributed by atoms with Crippen LogP contribution >= 0.6 is 12.2 Å². The molecule has 6 nitrogen and oxygen atoms in total. The first-order valence-corrected chi connectivity index (χ1v) is 8.43. The van der Waals surface area contributed by atoms with Gasteiger partial charge in [0.2, 0.25) is 5.91 Å². The van der Waals surface area contributed by atoms with E-state index in [1.807, 2.05) is 49.4 Å². The van der Waals surface area contributed by atoms with Crippen molar-refractivity contribution in [3.05, 3.63) is 64.7 Å². The van der Waals surface area contributed by atoms with Crippen molar-refractivity contribution in [3.63, 3.8) is 0 Å². The van der Waals surface area contributed by atoms with Crippen LogP contribution in [0.5, 0.6) is 0 Å². The fourth-order valence-corrected chi connectivity index (χ4v) is 2.66. The maximum absolute atomic E-state index is 12.3. The molecule has 3 aromatic rings. The van der Waals surface area contributed by atoms with Crippen LogP contribution in [0.2, 0.25) is 0 Å². The molecule has 2 heterocycles. The van der Waals surface area contributed by atoms with Crippen molar-refractivity contribution in [2.24, 2.45) is 0 Å². The van der Waals surface area contributed by atoms with Crippen LogP contribution < -0.4 is 5.32 Å². The third kappa shape index (κ3) is 4.39. The monoisotopic (exact) mass is 353 g/mol. The number of pyridine rings is 1. The first kappa shape index (κ1) is 17.0. The number of benzene rings is 1. The number of hydrogen-bond acceptors (Lipinski definition) is 4. The van der Waals surface area contributed by atoms with Gasteiger partial charge in [0.1, 0.15) is 6.54 Å². The van der Waals surface area contributed by atoms with Gasteiger partial charge in [-0.2, -0.15) is 5.10 Å². The van der Waals surface area contributed by atoms with E-state index < -0.39 is 0 Å². The minimum atomic E-state index is -0.109. The van der Waals surface area contributed by atoms with Gasteiger partial charge in [-0.15, -0.1) is 0 Å². The predicted molar refractivity (Wildman–Crippen MR) is 98.5 cm³/mol. The van der Waals surface area contributed by atoms with E-state index in [1.54, 1.807) is 10.8 Å². The molecular formula is C18H19N5OS. The van der Waals surface area contributed by atoms with Gasteiger partial charge >= 0.3 is 0 Å². The third-order valence-corrected chi connectivity index (χ3v) is 4.11. The second-order valence-corrected chi connectivity index (χ2v) is 6.11. The molecule has 0 radical (unpaired) electrons. The summed E-state index contributed by atoms with van der Waals surface area (Å²) < 4.78 is 2.13. The van der Waals surface area contributed by atoms with Crippen molar-refractivity contribution in [2.45, 2.75) is 19.9 Å². The molecule has 0 aliphatic heterocycles. The second-order valence-electron chi connectivity index (χ2n) is 5.73. The molecule has 128 valence electrons. The highest BCUT2D eigenvalue weighted by Gasteiger charge is 2.12. The number of H-pyrrole nitrogens is 1. The number of carbonyl (C=O) groups excluding carboxylic acids is 1. The molecule has 0 fully saturated rings. The first-order chi connectivity index (χ1) is 12.1. The van der Waals surface area contributed by atoms with E-state index in [9.17, 15) is 4.79 Å². The molecule has 1 amide bonds. The van der Waals surface area contributed by atoms with E-state index in [2.05, 4.69) is 20.5 Å². The fourth-order valence-electron chi connectivity index (χ4n) is 2.46. The van der Waals surface area contributed by atoms with Gasteiger partial charge < -0.3 is 5.32 Å². The average Bonchev–Trinajstić information content (AvgIpc) is 2.97. The van der Waals surface area contributed by atoms with Crippen LogP contribution in [-0.2, 0) is 17.8 Å². The normalized spacial score (nSPS) is 10.6. The molecule has 0 saturated heterocycles. The molecule has 0 spiro atoms. The van der Waals surface area contributed by atoms with Crippen LogP contribution in [-0.4, -0.2) is 32.2 Å². The number of hydrogen-bond donors (Lipinski definition) is 2. The van der Waals surface area contributed by atoms with Crippen molar-refractivity contribution < 1.29 is 4.79 Å². The van der Waals surface area contributed by atoms with E-state index in [0.717, 1.165) is 16.8 Å². The van der Waals surface area contributed by atoms with Gasteiger partial charge in [-0.25, -0.2) is 0 Å². The van der Waals surface area contributed by atoms with E-state index in [0.29, 0.717) is 23.6 Å². The zero-order chi connectivity index (χ0) is 17.6. The lowest BCUT2D eigenvalue weighted by atomic mass is 10.1. The number of nitrogens with one attached hydrogen (secondary N) is 2. The summed E-state index contributed by atoms with van der Waals surface area (Å²) in [4.78, 5) is 16.5. The summed E-state index contributed by atoms with van der Waals surface area (Å²) in [5.74, 6) is 0.548. The zero-order valence-electron chi connectivity index (χ0n) is 13.9. The zero-order valence-corrected chi connectivity index (χ0v) is 14.7. The molecule has 2 N–H and O–H groups in total. The van der Waals surface area contributed by atoms with Crippen molar-refractivity contribution in [2.75, 3.05) is 6.54 Å². The van der Waals surface area contributed by atoms with E-state index in [1.165, 1.54) is 0 Å². The van der Waals surface area contributed by atoms with Crippen LogP contribution in [0.3, 0.4) is 0 Å². The highest BCUT2D eigenvalue weighted by atomic mass is 32.1. The van der Waals surface area contributed by atoms with Crippen LogP contribution in [0.15, 0.2) is 48.7 Å². The number of aryl methyl sites for hydroxylation is 1. The minimum Gasteiger partial charge on any atom is -0.354 e. The lowest BCUT2D eigenvalue weighted by Crippen LogP contribution is -2.29. The molecule has 0 saturated carbocycles. The predicted octanol–water partition coefficient (Wildman–Crippen LogP) is 2.67. The largest absolute Gasteiger partial charge is 0.354 e. The quantitative estimate of drug-likeness (QED) is 0.668. The highest BCUT2D eigenvalue weighted by Crippen LogP contribution is 2.17. The summed E-state index contributed by atoms with van der Waals surface area (Å²) in [7, 11) is 0. The molecule has 0 atom stereocenters. The summed E-state index contributed by atoms with van der Waals surface area (Å²) in [6.07, 6.45) is 2.43. The Morgan fingerprint density at radius 3 is 2.76 bits per heavy atom. The molecule has 25 heavy (non-hydrogen) atoms. The standard InChI is InChI=1S/C18H19N5OS/c1-13-5-7-14(8-6-13)17-21-22-18(25)23(17)12-16(24)20-11-9-15-4-2-3-10-19-15/h2-8,10H,9,11-12H2,1H3,(H,20,24)(H,22,25). The van der Waals surface area contributed by atoms with Crippen molar-refractivity contribution in [1.82, 2.24) is 25.1 Å². The van der Waals surface area contributed by atoms with Crippen LogP contribution in [0.1, 0.15) is 11.3 Å². The molecule has 0 bridgehead atoms. The Morgan fingerprint density at radius 2 is 2.04 bits per heavy atom. The second kappa shape index (κ2) is 7.85.